The van der Waals surface area contributed by atoms with Crippen molar-refractivity contribution in [3.63, 3.8) is 0 Å². The third-order valence-corrected chi connectivity index (χ3v) is 3.09. The van der Waals surface area contributed by atoms with Gasteiger partial charge in [0.25, 0.3) is 0 Å². The molecule has 0 heterocycles. The number of benzene rings is 2. The molecule has 0 fully saturated rings. The van der Waals surface area contributed by atoms with Gasteiger partial charge in [-0.1, -0.05) is 30.3 Å². The fraction of sp³-hybridized carbons (Fsp3) is 0.0625. The molecular formula is C16H15N3O2S. The van der Waals surface area contributed by atoms with E-state index in [4.69, 9.17) is 18.0 Å². The number of anilines is 2. The standard InChI is InChI=1S/C16H15N3O2S/c1-10(20)18-16(22)19-14-9-12(7-8-13(14)17)15(21)11-5-3-2-4-6-11/h2-9H,17H2,1H3,(H2,18,19,20,22). The van der Waals surface area contributed by atoms with Gasteiger partial charge in [0.05, 0.1) is 11.4 Å². The molecule has 0 aliphatic rings. The normalized spacial score (nSPS) is 9.86. The summed E-state index contributed by atoms with van der Waals surface area (Å²) in [6, 6.07) is 13.8. The largest absolute Gasteiger partial charge is 0.397 e. The Morgan fingerprint density at radius 2 is 1.73 bits per heavy atom. The fourth-order valence-corrected chi connectivity index (χ4v) is 2.13. The Morgan fingerprint density at radius 1 is 1.05 bits per heavy atom. The van der Waals surface area contributed by atoms with Crippen LogP contribution in [0, 0.1) is 0 Å². The number of nitrogens with one attached hydrogen (secondary N) is 2. The van der Waals surface area contributed by atoms with E-state index >= 15 is 0 Å². The lowest BCUT2D eigenvalue weighted by molar-refractivity contribution is -0.117. The summed E-state index contributed by atoms with van der Waals surface area (Å²) in [6.07, 6.45) is 0. The number of nitrogens with two attached hydrogens (primary N) is 1. The van der Waals surface area contributed by atoms with Crippen molar-refractivity contribution in [2.24, 2.45) is 0 Å². The maximum Gasteiger partial charge on any atom is 0.222 e. The highest BCUT2D eigenvalue weighted by Crippen LogP contribution is 2.22. The van der Waals surface area contributed by atoms with Crippen LogP contribution in [0.25, 0.3) is 0 Å². The van der Waals surface area contributed by atoms with E-state index in [9.17, 15) is 9.59 Å². The first-order chi connectivity index (χ1) is 10.5. The Morgan fingerprint density at radius 3 is 2.36 bits per heavy atom. The second kappa shape index (κ2) is 6.82. The summed E-state index contributed by atoms with van der Waals surface area (Å²) in [4.78, 5) is 23.4. The van der Waals surface area contributed by atoms with Gasteiger partial charge in [-0.2, -0.15) is 0 Å². The molecule has 0 radical (unpaired) electrons. The highest BCUT2D eigenvalue weighted by Gasteiger charge is 2.11. The van der Waals surface area contributed by atoms with Gasteiger partial charge in [-0.15, -0.1) is 0 Å². The number of rotatable bonds is 3. The molecule has 2 rings (SSSR count). The van der Waals surface area contributed by atoms with Crippen molar-refractivity contribution in [1.29, 1.82) is 0 Å². The van der Waals surface area contributed by atoms with Crippen LogP contribution in [0.3, 0.4) is 0 Å². The molecule has 5 nitrogen and oxygen atoms in total. The Bertz CT molecular complexity index is 729. The summed E-state index contributed by atoms with van der Waals surface area (Å²) in [7, 11) is 0. The summed E-state index contributed by atoms with van der Waals surface area (Å²) in [6.45, 7) is 1.35. The zero-order valence-electron chi connectivity index (χ0n) is 11.9. The summed E-state index contributed by atoms with van der Waals surface area (Å²) >= 11 is 4.99. The fourth-order valence-electron chi connectivity index (χ4n) is 1.88. The van der Waals surface area contributed by atoms with E-state index in [2.05, 4.69) is 10.6 Å². The quantitative estimate of drug-likeness (QED) is 0.460. The first kappa shape index (κ1) is 15.7. The monoisotopic (exact) mass is 313 g/mol. The van der Waals surface area contributed by atoms with Gasteiger partial charge in [0.2, 0.25) is 5.91 Å². The van der Waals surface area contributed by atoms with E-state index in [1.54, 1.807) is 42.5 Å². The number of ketones is 1. The molecule has 0 atom stereocenters. The van der Waals surface area contributed by atoms with Gasteiger partial charge < -0.3 is 16.4 Å². The Balaban J connectivity index is 2.25. The number of amides is 1. The summed E-state index contributed by atoms with van der Waals surface area (Å²) in [5.41, 5.74) is 7.83. The molecule has 1 amide bonds. The smallest absolute Gasteiger partial charge is 0.222 e. The highest BCUT2D eigenvalue weighted by molar-refractivity contribution is 7.80. The lowest BCUT2D eigenvalue weighted by atomic mass is 10.0. The zero-order valence-corrected chi connectivity index (χ0v) is 12.7. The van der Waals surface area contributed by atoms with Gasteiger partial charge in [-0.3, -0.25) is 9.59 Å². The van der Waals surface area contributed by atoms with Gasteiger partial charge in [0.1, 0.15) is 0 Å². The molecule has 0 aliphatic heterocycles. The minimum absolute atomic E-state index is 0.117. The van der Waals surface area contributed by atoms with Crippen molar-refractivity contribution in [3.05, 3.63) is 59.7 Å². The molecule has 2 aromatic rings. The van der Waals surface area contributed by atoms with Crippen LogP contribution in [0.1, 0.15) is 22.8 Å². The van der Waals surface area contributed by atoms with E-state index in [1.165, 1.54) is 6.92 Å². The SMILES string of the molecule is CC(=O)NC(=S)Nc1cc(C(=O)c2ccccc2)ccc1N. The lowest BCUT2D eigenvalue weighted by Gasteiger charge is -2.12. The maximum atomic E-state index is 12.4. The van der Waals surface area contributed by atoms with Crippen LogP contribution in [0.5, 0.6) is 0 Å². The van der Waals surface area contributed by atoms with Crippen LogP contribution in [0.15, 0.2) is 48.5 Å². The van der Waals surface area contributed by atoms with Crippen molar-refractivity contribution >= 4 is 40.4 Å². The molecule has 0 aromatic heterocycles. The van der Waals surface area contributed by atoms with Gasteiger partial charge in [-0.25, -0.2) is 0 Å². The van der Waals surface area contributed by atoms with Crippen LogP contribution in [0.2, 0.25) is 0 Å². The number of hydrogen-bond acceptors (Lipinski definition) is 4. The molecule has 0 saturated heterocycles. The lowest BCUT2D eigenvalue weighted by Crippen LogP contribution is -2.32. The topological polar surface area (TPSA) is 84.2 Å². The number of nitrogen functional groups attached to an aromatic ring is 1. The number of carbonyl (C=O) groups excluding carboxylic acids is 2. The first-order valence-electron chi connectivity index (χ1n) is 6.55. The van der Waals surface area contributed by atoms with Gasteiger partial charge in [0, 0.05) is 18.1 Å². The van der Waals surface area contributed by atoms with Crippen molar-refractivity contribution in [2.45, 2.75) is 6.92 Å². The molecule has 0 aliphatic carbocycles. The first-order valence-corrected chi connectivity index (χ1v) is 6.96. The van der Waals surface area contributed by atoms with E-state index < -0.39 is 0 Å². The molecule has 112 valence electrons. The average Bonchev–Trinajstić information content (AvgIpc) is 2.49. The number of thiocarbonyl (C=S) groups is 1. The third kappa shape index (κ3) is 3.89. The van der Waals surface area contributed by atoms with Crippen molar-refractivity contribution < 1.29 is 9.59 Å². The summed E-state index contributed by atoms with van der Waals surface area (Å²) in [5, 5.41) is 5.38. The molecule has 0 unspecified atom stereocenters. The molecule has 4 N–H and O–H groups in total. The van der Waals surface area contributed by atoms with Gasteiger partial charge in [0.15, 0.2) is 10.9 Å². The van der Waals surface area contributed by atoms with Crippen molar-refractivity contribution in [1.82, 2.24) is 5.32 Å². The van der Waals surface area contributed by atoms with E-state index in [1.807, 2.05) is 6.07 Å². The van der Waals surface area contributed by atoms with Crippen molar-refractivity contribution in [3.8, 4) is 0 Å². The molecule has 0 bridgehead atoms. The van der Waals surface area contributed by atoms with Crippen LogP contribution in [-0.2, 0) is 4.79 Å². The zero-order chi connectivity index (χ0) is 16.1. The second-order valence-corrected chi connectivity index (χ2v) is 5.04. The van der Waals surface area contributed by atoms with Crippen LogP contribution in [-0.4, -0.2) is 16.8 Å². The molecule has 2 aromatic carbocycles. The Hall–Kier alpha value is -2.73. The molecular weight excluding hydrogens is 298 g/mol. The van der Waals surface area contributed by atoms with Crippen LogP contribution >= 0.6 is 12.2 Å². The third-order valence-electron chi connectivity index (χ3n) is 2.89. The summed E-state index contributed by atoms with van der Waals surface area (Å²) in [5.74, 6) is -0.401. The molecule has 0 saturated carbocycles. The number of carbonyl (C=O) groups is 2. The molecule has 22 heavy (non-hydrogen) atoms. The number of hydrogen-bond donors (Lipinski definition) is 3. The molecule has 0 spiro atoms. The van der Waals surface area contributed by atoms with Gasteiger partial charge >= 0.3 is 0 Å². The van der Waals surface area contributed by atoms with E-state index in [-0.39, 0.29) is 16.8 Å². The highest BCUT2D eigenvalue weighted by atomic mass is 32.1. The Labute approximate surface area is 133 Å². The Kier molecular flexibility index (Phi) is 4.85. The predicted molar refractivity (Wildman–Crippen MR) is 90.8 cm³/mol. The van der Waals surface area contributed by atoms with E-state index in [0.717, 1.165) is 0 Å². The van der Waals surface area contributed by atoms with Crippen molar-refractivity contribution in [2.75, 3.05) is 11.1 Å². The minimum Gasteiger partial charge on any atom is -0.397 e. The minimum atomic E-state index is -0.285. The average molecular weight is 313 g/mol. The van der Waals surface area contributed by atoms with Crippen LogP contribution in [0.4, 0.5) is 11.4 Å². The van der Waals surface area contributed by atoms with E-state index in [0.29, 0.717) is 22.5 Å². The summed E-state index contributed by atoms with van der Waals surface area (Å²) < 4.78 is 0. The maximum absolute atomic E-state index is 12.4. The van der Waals surface area contributed by atoms with Crippen LogP contribution < -0.4 is 16.4 Å². The second-order valence-electron chi connectivity index (χ2n) is 4.63. The molecule has 6 heteroatoms. The van der Waals surface area contributed by atoms with Gasteiger partial charge in [-0.05, 0) is 30.4 Å². The predicted octanol–water partition coefficient (Wildman–Crippen LogP) is 2.33.